The van der Waals surface area contributed by atoms with Crippen molar-refractivity contribution in [2.75, 3.05) is 40.0 Å². The van der Waals surface area contributed by atoms with E-state index in [0.717, 1.165) is 50.1 Å². The molecule has 0 aliphatic carbocycles. The number of halogens is 1. The molecule has 2 N–H and O–H groups in total. The molecule has 2 atom stereocenters. The monoisotopic (exact) mass is 490 g/mol. The number of hydrogen-bond donors (Lipinski definition) is 2. The van der Waals surface area contributed by atoms with Gasteiger partial charge in [0.15, 0.2) is 5.96 Å². The zero-order chi connectivity index (χ0) is 18.9. The fourth-order valence-corrected chi connectivity index (χ4v) is 3.24. The van der Waals surface area contributed by atoms with Gasteiger partial charge in [-0.05, 0) is 39.3 Å². The Morgan fingerprint density at radius 2 is 2.19 bits per heavy atom. The van der Waals surface area contributed by atoms with Gasteiger partial charge in [-0.2, -0.15) is 0 Å². The van der Waals surface area contributed by atoms with Crippen molar-refractivity contribution in [3.05, 3.63) is 29.3 Å². The largest absolute Gasteiger partial charge is 0.496 e. The van der Waals surface area contributed by atoms with Crippen molar-refractivity contribution < 1.29 is 9.47 Å². The number of nitrogens with zero attached hydrogens (tertiary/aromatic N) is 2. The van der Waals surface area contributed by atoms with E-state index in [0.29, 0.717) is 18.6 Å². The summed E-state index contributed by atoms with van der Waals surface area (Å²) >= 11 is 0. The first-order valence-electron chi connectivity index (χ1n) is 9.54. The molecule has 0 saturated carbocycles. The lowest BCUT2D eigenvalue weighted by Gasteiger charge is -2.38. The molecule has 0 aromatic heterocycles. The lowest BCUT2D eigenvalue weighted by Crippen LogP contribution is -2.53. The maximum Gasteiger partial charge on any atom is 0.191 e. The van der Waals surface area contributed by atoms with Crippen molar-refractivity contribution in [1.82, 2.24) is 15.5 Å². The van der Waals surface area contributed by atoms with Gasteiger partial charge in [0.05, 0.1) is 26.9 Å². The Morgan fingerprint density at radius 3 is 2.85 bits per heavy atom. The normalized spacial score (nSPS) is 19.1. The number of morpholine rings is 1. The Kier molecular flexibility index (Phi) is 11.0. The van der Waals surface area contributed by atoms with E-state index < -0.39 is 0 Å². The van der Waals surface area contributed by atoms with Gasteiger partial charge in [-0.1, -0.05) is 12.1 Å². The molecule has 7 heteroatoms. The van der Waals surface area contributed by atoms with Crippen molar-refractivity contribution >= 4 is 29.9 Å². The number of aryl methyl sites for hydroxylation is 1. The van der Waals surface area contributed by atoms with Gasteiger partial charge < -0.3 is 20.1 Å². The highest BCUT2D eigenvalue weighted by Crippen LogP contribution is 2.20. The number of hydrogen-bond acceptors (Lipinski definition) is 4. The molecule has 1 aromatic carbocycles. The number of guanidine groups is 1. The van der Waals surface area contributed by atoms with Crippen LogP contribution in [0.1, 0.15) is 31.9 Å². The van der Waals surface area contributed by atoms with Crippen molar-refractivity contribution in [3.63, 3.8) is 0 Å². The fraction of sp³-hybridized carbons (Fsp3) is 0.650. The number of nitrogens with one attached hydrogen (secondary N) is 2. The van der Waals surface area contributed by atoms with E-state index in [1.807, 2.05) is 6.07 Å². The summed E-state index contributed by atoms with van der Waals surface area (Å²) in [5.41, 5.74) is 2.28. The van der Waals surface area contributed by atoms with Gasteiger partial charge in [-0.3, -0.25) is 4.90 Å². The molecule has 0 amide bonds. The average molecular weight is 490 g/mol. The highest BCUT2D eigenvalue weighted by atomic mass is 127. The maximum atomic E-state index is 5.53. The van der Waals surface area contributed by atoms with Gasteiger partial charge >= 0.3 is 0 Å². The van der Waals surface area contributed by atoms with Crippen LogP contribution in [-0.2, 0) is 11.3 Å². The van der Waals surface area contributed by atoms with E-state index in [1.54, 1.807) is 7.11 Å². The summed E-state index contributed by atoms with van der Waals surface area (Å²) in [6.45, 7) is 13.5. The van der Waals surface area contributed by atoms with Gasteiger partial charge in [-0.15, -0.1) is 24.0 Å². The summed E-state index contributed by atoms with van der Waals surface area (Å²) in [6, 6.07) is 7.10. The van der Waals surface area contributed by atoms with E-state index in [1.165, 1.54) is 5.56 Å². The zero-order valence-corrected chi connectivity index (χ0v) is 19.6. The molecule has 1 aliphatic rings. The quantitative estimate of drug-likeness (QED) is 0.350. The fourth-order valence-electron chi connectivity index (χ4n) is 3.24. The third kappa shape index (κ3) is 7.46. The molecule has 2 rings (SSSR count). The van der Waals surface area contributed by atoms with E-state index in [2.05, 4.69) is 55.4 Å². The van der Waals surface area contributed by atoms with Crippen LogP contribution in [0.25, 0.3) is 0 Å². The molecule has 2 unspecified atom stereocenters. The maximum absolute atomic E-state index is 5.53. The van der Waals surface area contributed by atoms with Crippen molar-refractivity contribution in [3.8, 4) is 5.75 Å². The summed E-state index contributed by atoms with van der Waals surface area (Å²) in [6.07, 6.45) is 0. The van der Waals surface area contributed by atoms with Crippen LogP contribution in [0.5, 0.6) is 5.75 Å². The number of aliphatic imine (C=N–C) groups is 1. The van der Waals surface area contributed by atoms with Crippen molar-refractivity contribution in [2.24, 2.45) is 4.99 Å². The second-order valence-electron chi connectivity index (χ2n) is 6.90. The summed E-state index contributed by atoms with van der Waals surface area (Å²) in [5.74, 6) is 1.72. The minimum atomic E-state index is 0. The standard InChI is InChI=1S/C20H34N4O2.HI/c1-6-21-20(22-12-16(3)24-9-10-26-14-17(24)4)23-13-18-8-7-15(2)11-19(18)25-5;/h7-8,11,16-17H,6,9-10,12-14H2,1-5H3,(H2,21,22,23);1H. The van der Waals surface area contributed by atoms with E-state index in [4.69, 9.17) is 14.5 Å². The molecule has 27 heavy (non-hydrogen) atoms. The average Bonchev–Trinajstić information content (AvgIpc) is 2.64. The first-order chi connectivity index (χ1) is 12.5. The Bertz CT molecular complexity index is 597. The minimum Gasteiger partial charge on any atom is -0.496 e. The molecular weight excluding hydrogens is 455 g/mol. The predicted molar refractivity (Wildman–Crippen MR) is 122 cm³/mol. The van der Waals surface area contributed by atoms with Crippen LogP contribution in [0.3, 0.4) is 0 Å². The molecule has 0 radical (unpaired) electrons. The molecule has 0 spiro atoms. The summed E-state index contributed by atoms with van der Waals surface area (Å²) < 4.78 is 11.0. The SMILES string of the molecule is CCNC(=NCc1ccc(C)cc1OC)NCC(C)N1CCOCC1C.I. The highest BCUT2D eigenvalue weighted by Gasteiger charge is 2.23. The molecule has 154 valence electrons. The molecule has 1 aliphatic heterocycles. The summed E-state index contributed by atoms with van der Waals surface area (Å²) in [4.78, 5) is 7.22. The summed E-state index contributed by atoms with van der Waals surface area (Å²) in [7, 11) is 1.70. The van der Waals surface area contributed by atoms with Gasteiger partial charge in [-0.25, -0.2) is 4.99 Å². The molecule has 1 fully saturated rings. The lowest BCUT2D eigenvalue weighted by molar-refractivity contribution is -0.0174. The minimum absolute atomic E-state index is 0. The van der Waals surface area contributed by atoms with Crippen LogP contribution in [0.15, 0.2) is 23.2 Å². The van der Waals surface area contributed by atoms with Crippen molar-refractivity contribution in [1.29, 1.82) is 0 Å². The van der Waals surface area contributed by atoms with Crippen LogP contribution < -0.4 is 15.4 Å². The molecule has 1 heterocycles. The van der Waals surface area contributed by atoms with Crippen LogP contribution in [-0.4, -0.2) is 62.9 Å². The molecule has 1 saturated heterocycles. The third-order valence-electron chi connectivity index (χ3n) is 4.74. The lowest BCUT2D eigenvalue weighted by atomic mass is 10.1. The van der Waals surface area contributed by atoms with E-state index in [-0.39, 0.29) is 24.0 Å². The molecular formula is C20H35IN4O2. The second-order valence-corrected chi connectivity index (χ2v) is 6.90. The zero-order valence-electron chi connectivity index (χ0n) is 17.2. The Balaban J connectivity index is 0.00000364. The van der Waals surface area contributed by atoms with Gasteiger partial charge in [0.25, 0.3) is 0 Å². The van der Waals surface area contributed by atoms with Gasteiger partial charge in [0.2, 0.25) is 0 Å². The smallest absolute Gasteiger partial charge is 0.191 e. The van der Waals surface area contributed by atoms with Gasteiger partial charge in [0.1, 0.15) is 5.75 Å². The van der Waals surface area contributed by atoms with Gasteiger partial charge in [0, 0.05) is 37.3 Å². The first-order valence-corrected chi connectivity index (χ1v) is 9.54. The number of methoxy groups -OCH3 is 1. The number of benzene rings is 1. The Labute approximate surface area is 181 Å². The number of rotatable bonds is 7. The van der Waals surface area contributed by atoms with Crippen molar-refractivity contribution in [2.45, 2.75) is 46.3 Å². The second kappa shape index (κ2) is 12.4. The first kappa shape index (κ1) is 24.0. The van der Waals surface area contributed by atoms with E-state index in [9.17, 15) is 0 Å². The highest BCUT2D eigenvalue weighted by molar-refractivity contribution is 14.0. The van der Waals surface area contributed by atoms with Crippen LogP contribution in [0, 0.1) is 6.92 Å². The number of ether oxygens (including phenoxy) is 2. The molecule has 0 bridgehead atoms. The Morgan fingerprint density at radius 1 is 1.41 bits per heavy atom. The topological polar surface area (TPSA) is 58.1 Å². The third-order valence-corrected chi connectivity index (χ3v) is 4.74. The molecule has 1 aromatic rings. The predicted octanol–water partition coefficient (Wildman–Crippen LogP) is 2.79. The molecule has 6 nitrogen and oxygen atoms in total. The van der Waals surface area contributed by atoms with Crippen LogP contribution >= 0.6 is 24.0 Å². The Hall–Kier alpha value is -1.06. The van der Waals surface area contributed by atoms with Crippen LogP contribution in [0.2, 0.25) is 0 Å². The van der Waals surface area contributed by atoms with E-state index >= 15 is 0 Å². The summed E-state index contributed by atoms with van der Waals surface area (Å²) in [5, 5.41) is 6.80. The van der Waals surface area contributed by atoms with Crippen LogP contribution in [0.4, 0.5) is 0 Å².